The lowest BCUT2D eigenvalue weighted by Crippen LogP contribution is -2.29. The van der Waals surface area contributed by atoms with E-state index in [-0.39, 0.29) is 10.8 Å². The van der Waals surface area contributed by atoms with E-state index in [4.69, 9.17) is 0 Å². The van der Waals surface area contributed by atoms with Crippen LogP contribution in [0.25, 0.3) is 0 Å². The predicted octanol–water partition coefficient (Wildman–Crippen LogP) is 4.37. The molecule has 0 radical (unpaired) electrons. The largest absolute Gasteiger partial charge is 0.343 e. The van der Waals surface area contributed by atoms with Crippen LogP contribution in [-0.4, -0.2) is 15.5 Å². The molecule has 82 valence electrons. The number of nitrogens with one attached hydrogen (secondary N) is 1. The van der Waals surface area contributed by atoms with Gasteiger partial charge in [0.1, 0.15) is 0 Å². The minimum absolute atomic E-state index is 0.159. The highest BCUT2D eigenvalue weighted by Gasteiger charge is 2.59. The van der Waals surface area contributed by atoms with E-state index in [2.05, 4.69) is 11.4 Å². The molecule has 0 aliphatic carbocycles. The summed E-state index contributed by atoms with van der Waals surface area (Å²) in [5, 5.41) is 0. The molecule has 0 amide bonds. The lowest BCUT2D eigenvalue weighted by Gasteiger charge is -2.34. The average molecular weight is 268 g/mol. The van der Waals surface area contributed by atoms with Crippen LogP contribution in [0.15, 0.2) is 12.4 Å². The molecular formula is C4H9F4N3P3+. The lowest BCUT2D eigenvalue weighted by molar-refractivity contribution is 0.189. The molecular weight excluding hydrogens is 259 g/mol. The number of nitrogens with zero attached hydrogens (tertiary/aromatic N) is 2. The summed E-state index contributed by atoms with van der Waals surface area (Å²) in [7, 11) is -9.19. The summed E-state index contributed by atoms with van der Waals surface area (Å²) >= 11 is 0. The van der Waals surface area contributed by atoms with Gasteiger partial charge in [-0.25, -0.2) is 0 Å². The van der Waals surface area contributed by atoms with Gasteiger partial charge in [0, 0.05) is 0 Å². The maximum Gasteiger partial charge on any atom is 0.343 e. The summed E-state index contributed by atoms with van der Waals surface area (Å²) < 4.78 is 50.8. The lowest BCUT2D eigenvalue weighted by atomic mass is 11.0. The van der Waals surface area contributed by atoms with Gasteiger partial charge >= 0.3 is 17.1 Å². The van der Waals surface area contributed by atoms with Crippen LogP contribution in [0.4, 0.5) is 17.4 Å². The predicted molar refractivity (Wildman–Crippen MR) is 52.7 cm³/mol. The molecule has 0 bridgehead atoms. The first kappa shape index (κ1) is 12.7. The molecule has 0 spiro atoms. The molecule has 0 aromatic heterocycles. The quantitative estimate of drug-likeness (QED) is 0.456. The van der Waals surface area contributed by atoms with Gasteiger partial charge in [0.25, 0.3) is 0 Å². The Morgan fingerprint density at radius 2 is 2.07 bits per heavy atom. The summed E-state index contributed by atoms with van der Waals surface area (Å²) in [6, 6.07) is 0. The van der Waals surface area contributed by atoms with Crippen molar-refractivity contribution in [3.05, 3.63) is 12.4 Å². The zero-order valence-electron chi connectivity index (χ0n) is 7.24. The van der Waals surface area contributed by atoms with Gasteiger partial charge in [-0.2, -0.15) is 8.39 Å². The molecule has 10 heteroatoms. The second kappa shape index (κ2) is 4.65. The van der Waals surface area contributed by atoms with Crippen molar-refractivity contribution in [3.8, 4) is 0 Å². The van der Waals surface area contributed by atoms with E-state index in [1.165, 1.54) is 0 Å². The van der Waals surface area contributed by atoms with Gasteiger partial charge in [0.05, 0.1) is 16.6 Å². The van der Waals surface area contributed by atoms with Crippen LogP contribution in [0.2, 0.25) is 0 Å². The normalized spacial score (nSPS) is 41.2. The molecule has 3 nitrogen and oxygen atoms in total. The first-order chi connectivity index (χ1) is 6.48. The summed E-state index contributed by atoms with van der Waals surface area (Å²) in [5.41, 5.74) is 0. The average Bonchev–Trinajstić information content (AvgIpc) is 2.21. The van der Waals surface area contributed by atoms with Crippen molar-refractivity contribution in [2.75, 3.05) is 6.16 Å². The molecule has 1 fully saturated rings. The standard InChI is InChI=1S/C4H9F4N3P3/c1-3-14(4-2)9-12(7)10(5)13(8)11(14)6/h3,9H,1,4H2,2H3/q+1. The maximum absolute atomic E-state index is 13.3. The van der Waals surface area contributed by atoms with Gasteiger partial charge in [0.15, 0.2) is 0 Å². The number of rotatable bonds is 2. The highest BCUT2D eigenvalue weighted by atomic mass is 31.3. The Balaban J connectivity index is 2.94. The molecule has 0 aromatic carbocycles. The van der Waals surface area contributed by atoms with Crippen molar-refractivity contribution in [2.24, 2.45) is 0 Å². The van der Waals surface area contributed by atoms with Crippen LogP contribution >= 0.6 is 24.6 Å². The van der Waals surface area contributed by atoms with Crippen molar-refractivity contribution < 1.29 is 17.4 Å². The van der Waals surface area contributed by atoms with Crippen LogP contribution in [0, 0.1) is 0 Å². The second-order valence-electron chi connectivity index (χ2n) is 2.41. The molecule has 0 aromatic rings. The van der Waals surface area contributed by atoms with Crippen LogP contribution in [0.5, 0.6) is 0 Å². The van der Waals surface area contributed by atoms with Gasteiger partial charge < -0.3 is 0 Å². The zero-order chi connectivity index (χ0) is 10.9. The number of halogens is 4. The van der Waals surface area contributed by atoms with E-state index < -0.39 is 29.3 Å². The summed E-state index contributed by atoms with van der Waals surface area (Å²) in [6.07, 6.45) is 0.159. The third-order valence-corrected chi connectivity index (χ3v) is 9.10. The van der Waals surface area contributed by atoms with Gasteiger partial charge in [-0.15, -0.1) is 9.34 Å². The summed E-state index contributed by atoms with van der Waals surface area (Å²) in [6.45, 7) is 4.89. The van der Waals surface area contributed by atoms with E-state index in [1.54, 1.807) is 6.92 Å². The molecule has 1 rings (SSSR count). The Labute approximate surface area is 82.4 Å². The van der Waals surface area contributed by atoms with Crippen LogP contribution in [0.3, 0.4) is 0 Å². The van der Waals surface area contributed by atoms with Crippen molar-refractivity contribution in [1.82, 2.24) is 14.2 Å². The number of hydrogen-bond donors (Lipinski definition) is 1. The Kier molecular flexibility index (Phi) is 4.22. The summed E-state index contributed by atoms with van der Waals surface area (Å²) in [5.74, 6) is 1.14. The van der Waals surface area contributed by atoms with Crippen molar-refractivity contribution in [3.63, 3.8) is 0 Å². The smallest absolute Gasteiger partial charge is 0.184 e. The second-order valence-corrected chi connectivity index (χ2v) is 8.90. The highest BCUT2D eigenvalue weighted by Crippen LogP contribution is 2.81. The monoisotopic (exact) mass is 268 g/mol. The van der Waals surface area contributed by atoms with E-state index in [0.29, 0.717) is 0 Å². The Morgan fingerprint density at radius 3 is 2.50 bits per heavy atom. The third-order valence-electron chi connectivity index (χ3n) is 1.75. The van der Waals surface area contributed by atoms with Crippen LogP contribution in [0.1, 0.15) is 6.92 Å². The van der Waals surface area contributed by atoms with E-state index in [9.17, 15) is 17.4 Å². The Hall–Kier alpha value is 0.630. The fraction of sp³-hybridized carbons (Fsp3) is 0.500. The zero-order valence-corrected chi connectivity index (χ0v) is 9.92. The SMILES string of the molecule is C=C[P+]1(CC)NP(F)N(F)P(F)N1F. The van der Waals surface area contributed by atoms with Crippen molar-refractivity contribution in [2.45, 2.75) is 6.92 Å². The van der Waals surface area contributed by atoms with Crippen LogP contribution < -0.4 is 4.86 Å². The molecule has 1 N–H and O–H groups in total. The van der Waals surface area contributed by atoms with E-state index in [1.807, 2.05) is 0 Å². The number of hydrogen-bond acceptors (Lipinski definition) is 3. The molecule has 3 atom stereocenters. The fourth-order valence-corrected chi connectivity index (χ4v) is 7.77. The summed E-state index contributed by atoms with van der Waals surface area (Å²) in [4.78, 5) is 2.13. The Morgan fingerprint density at radius 1 is 1.50 bits per heavy atom. The van der Waals surface area contributed by atoms with Crippen molar-refractivity contribution in [1.29, 1.82) is 0 Å². The maximum atomic E-state index is 13.3. The minimum Gasteiger partial charge on any atom is -0.184 e. The highest BCUT2D eigenvalue weighted by molar-refractivity contribution is 7.89. The fourth-order valence-electron chi connectivity index (χ4n) is 0.899. The van der Waals surface area contributed by atoms with Gasteiger partial charge in [0.2, 0.25) is 7.56 Å². The molecule has 14 heavy (non-hydrogen) atoms. The first-order valence-electron chi connectivity index (χ1n) is 3.61. The molecule has 3 unspecified atom stereocenters. The molecule has 1 aliphatic heterocycles. The molecule has 1 heterocycles. The molecule has 1 aliphatic rings. The van der Waals surface area contributed by atoms with E-state index in [0.717, 1.165) is 5.82 Å². The van der Waals surface area contributed by atoms with Crippen LogP contribution in [-0.2, 0) is 0 Å². The molecule has 0 saturated carbocycles. The van der Waals surface area contributed by atoms with Gasteiger partial charge in [-0.1, -0.05) is 11.1 Å². The topological polar surface area (TPSA) is 18.5 Å². The third kappa shape index (κ3) is 1.95. The van der Waals surface area contributed by atoms with Gasteiger partial charge in [-0.3, -0.25) is 0 Å². The van der Waals surface area contributed by atoms with Gasteiger partial charge in [-0.05, 0) is 11.6 Å². The Bertz CT molecular complexity index is 234. The van der Waals surface area contributed by atoms with Crippen molar-refractivity contribution >= 4 is 24.6 Å². The molecule has 1 saturated heterocycles. The first-order valence-corrected chi connectivity index (χ1v) is 7.93. The van der Waals surface area contributed by atoms with E-state index >= 15 is 0 Å². The minimum atomic E-state index is -3.35.